The number of rotatable bonds is 6. The zero-order valence-corrected chi connectivity index (χ0v) is 20.9. The zero-order chi connectivity index (χ0) is 25.9. The summed E-state index contributed by atoms with van der Waals surface area (Å²) in [6.45, 7) is 0.664. The molecule has 2 aromatic heterocycles. The van der Waals surface area contributed by atoms with Crippen molar-refractivity contribution in [2.24, 2.45) is 0 Å². The summed E-state index contributed by atoms with van der Waals surface area (Å²) < 4.78 is 2.77. The fourth-order valence-corrected chi connectivity index (χ4v) is 4.54. The van der Waals surface area contributed by atoms with Crippen LogP contribution in [0.3, 0.4) is 0 Å². The van der Waals surface area contributed by atoms with E-state index in [1.165, 1.54) is 32.7 Å². The highest BCUT2D eigenvalue weighted by Gasteiger charge is 2.30. The first-order chi connectivity index (χ1) is 17.9. The fraction of sp³-hybridized carbons (Fsp3) is 0.200. The second kappa shape index (κ2) is 10.5. The molecule has 4 aromatic rings. The Morgan fingerprint density at radius 2 is 1.89 bits per heavy atom. The summed E-state index contributed by atoms with van der Waals surface area (Å²) in [6.07, 6.45) is 3.14. The number of benzene rings is 2. The van der Waals surface area contributed by atoms with Gasteiger partial charge in [0.2, 0.25) is 11.8 Å². The van der Waals surface area contributed by atoms with Crippen LogP contribution >= 0.6 is 23.2 Å². The lowest BCUT2D eigenvalue weighted by molar-refractivity contribution is -0.140. The highest BCUT2D eigenvalue weighted by molar-refractivity contribution is 6.31. The fourth-order valence-electron chi connectivity index (χ4n) is 4.25. The Bertz CT molecular complexity index is 1520. The first-order valence-corrected chi connectivity index (χ1v) is 12.2. The van der Waals surface area contributed by atoms with Gasteiger partial charge in [-0.25, -0.2) is 9.67 Å². The molecule has 2 amide bonds. The number of halogens is 2. The van der Waals surface area contributed by atoms with Gasteiger partial charge in [0, 0.05) is 36.2 Å². The van der Waals surface area contributed by atoms with E-state index in [-0.39, 0.29) is 29.9 Å². The molecule has 1 aliphatic heterocycles. The normalized spacial score (nSPS) is 14.3. The standard InChI is InChI=1S/C25H21Cl2N7O3/c26-17-6-7-20(34-13-22(27)30-31-34)18(11-17)19-12-24(36)33(15-29-19)21(10-16-4-2-1-3-5-16)25(37)32-9-8-28-23(35)14-32/h1-7,11-13,15,21H,8-10,14H2,(H,28,35)/t21-/m0/s1. The molecular formula is C25H21Cl2N7O3. The van der Waals surface area contributed by atoms with Crippen molar-refractivity contribution in [1.82, 2.24) is 34.8 Å². The summed E-state index contributed by atoms with van der Waals surface area (Å²) in [5, 5.41) is 11.2. The molecule has 188 valence electrons. The van der Waals surface area contributed by atoms with Gasteiger partial charge in [-0.05, 0) is 23.8 Å². The molecule has 0 radical (unpaired) electrons. The summed E-state index contributed by atoms with van der Waals surface area (Å²) in [5.74, 6) is -0.559. The second-order valence-electron chi connectivity index (χ2n) is 8.48. The number of amides is 2. The minimum Gasteiger partial charge on any atom is -0.353 e. The first kappa shape index (κ1) is 24.7. The van der Waals surface area contributed by atoms with Gasteiger partial charge in [-0.15, -0.1) is 5.10 Å². The van der Waals surface area contributed by atoms with Crippen molar-refractivity contribution < 1.29 is 9.59 Å². The lowest BCUT2D eigenvalue weighted by Crippen LogP contribution is -2.52. The average molecular weight is 538 g/mol. The molecule has 37 heavy (non-hydrogen) atoms. The minimum absolute atomic E-state index is 0.0588. The van der Waals surface area contributed by atoms with Crippen molar-refractivity contribution in [3.63, 3.8) is 0 Å². The maximum Gasteiger partial charge on any atom is 0.254 e. The molecule has 0 spiro atoms. The highest BCUT2D eigenvalue weighted by Crippen LogP contribution is 2.28. The van der Waals surface area contributed by atoms with Gasteiger partial charge in [0.25, 0.3) is 5.56 Å². The number of hydrogen-bond donors (Lipinski definition) is 1. The Kier molecular flexibility index (Phi) is 7.02. The van der Waals surface area contributed by atoms with Crippen LogP contribution in [-0.2, 0) is 16.0 Å². The van der Waals surface area contributed by atoms with Crippen LogP contribution in [0.25, 0.3) is 16.9 Å². The van der Waals surface area contributed by atoms with Crippen molar-refractivity contribution in [3.8, 4) is 16.9 Å². The van der Waals surface area contributed by atoms with E-state index < -0.39 is 11.6 Å². The molecule has 3 heterocycles. The van der Waals surface area contributed by atoms with E-state index in [1.54, 1.807) is 18.2 Å². The Morgan fingerprint density at radius 1 is 1.08 bits per heavy atom. The van der Waals surface area contributed by atoms with Gasteiger partial charge in [-0.3, -0.25) is 19.0 Å². The predicted octanol–water partition coefficient (Wildman–Crippen LogP) is 2.54. The van der Waals surface area contributed by atoms with Gasteiger partial charge in [0.05, 0.1) is 30.5 Å². The van der Waals surface area contributed by atoms with Crippen LogP contribution in [0.2, 0.25) is 10.2 Å². The lowest BCUT2D eigenvalue weighted by atomic mass is 10.0. The Hall–Kier alpha value is -4.02. The van der Waals surface area contributed by atoms with E-state index in [0.717, 1.165) is 5.56 Å². The van der Waals surface area contributed by atoms with Gasteiger partial charge in [-0.2, -0.15) is 0 Å². The van der Waals surface area contributed by atoms with E-state index in [9.17, 15) is 14.4 Å². The quantitative estimate of drug-likeness (QED) is 0.404. The monoisotopic (exact) mass is 537 g/mol. The summed E-state index contributed by atoms with van der Waals surface area (Å²) in [6, 6.07) is 14.9. The molecule has 10 nitrogen and oxygen atoms in total. The largest absolute Gasteiger partial charge is 0.353 e. The Morgan fingerprint density at radius 3 is 2.59 bits per heavy atom. The summed E-state index contributed by atoms with van der Waals surface area (Å²) in [4.78, 5) is 44.9. The van der Waals surface area contributed by atoms with Crippen LogP contribution < -0.4 is 10.9 Å². The molecule has 12 heteroatoms. The molecule has 0 saturated carbocycles. The van der Waals surface area contributed by atoms with E-state index in [0.29, 0.717) is 35.1 Å². The summed E-state index contributed by atoms with van der Waals surface area (Å²) in [7, 11) is 0. The molecule has 1 fully saturated rings. The molecule has 1 saturated heterocycles. The summed E-state index contributed by atoms with van der Waals surface area (Å²) >= 11 is 12.2. The van der Waals surface area contributed by atoms with Crippen molar-refractivity contribution in [2.75, 3.05) is 19.6 Å². The van der Waals surface area contributed by atoms with E-state index in [4.69, 9.17) is 23.2 Å². The van der Waals surface area contributed by atoms with Crippen molar-refractivity contribution in [3.05, 3.63) is 93.2 Å². The number of piperazine rings is 1. The van der Waals surface area contributed by atoms with Crippen molar-refractivity contribution in [2.45, 2.75) is 12.5 Å². The summed E-state index contributed by atoms with van der Waals surface area (Å²) in [5.41, 5.74) is 1.90. The van der Waals surface area contributed by atoms with Crippen LogP contribution in [0.4, 0.5) is 0 Å². The number of nitrogens with one attached hydrogen (secondary N) is 1. The third kappa shape index (κ3) is 5.40. The van der Waals surface area contributed by atoms with E-state index in [2.05, 4.69) is 20.6 Å². The third-order valence-electron chi connectivity index (χ3n) is 6.03. The van der Waals surface area contributed by atoms with Gasteiger partial charge >= 0.3 is 0 Å². The molecule has 5 rings (SSSR count). The maximum absolute atomic E-state index is 13.6. The smallest absolute Gasteiger partial charge is 0.254 e. The molecular weight excluding hydrogens is 517 g/mol. The van der Waals surface area contributed by atoms with Crippen LogP contribution in [-0.4, -0.2) is 60.9 Å². The number of aromatic nitrogens is 5. The van der Waals surface area contributed by atoms with E-state index >= 15 is 0 Å². The van der Waals surface area contributed by atoms with E-state index in [1.807, 2.05) is 30.3 Å². The highest BCUT2D eigenvalue weighted by atomic mass is 35.5. The Balaban J connectivity index is 1.54. The van der Waals surface area contributed by atoms with Crippen LogP contribution in [0.1, 0.15) is 11.6 Å². The molecule has 0 unspecified atom stereocenters. The van der Waals surface area contributed by atoms with Crippen molar-refractivity contribution >= 4 is 35.0 Å². The van der Waals surface area contributed by atoms with Gasteiger partial charge in [-0.1, -0.05) is 58.7 Å². The van der Waals surface area contributed by atoms with Crippen LogP contribution in [0, 0.1) is 0 Å². The molecule has 1 N–H and O–H groups in total. The van der Waals surface area contributed by atoms with Crippen LogP contribution in [0.5, 0.6) is 0 Å². The van der Waals surface area contributed by atoms with Gasteiger partial charge in [0.15, 0.2) is 5.15 Å². The predicted molar refractivity (Wildman–Crippen MR) is 138 cm³/mol. The zero-order valence-electron chi connectivity index (χ0n) is 19.4. The van der Waals surface area contributed by atoms with Crippen LogP contribution in [0.15, 0.2) is 71.9 Å². The molecule has 0 bridgehead atoms. The van der Waals surface area contributed by atoms with Crippen molar-refractivity contribution in [1.29, 1.82) is 0 Å². The number of carbonyl (C=O) groups excluding carboxylic acids is 2. The second-order valence-corrected chi connectivity index (χ2v) is 9.31. The number of nitrogens with zero attached hydrogens (tertiary/aromatic N) is 6. The molecule has 1 aliphatic rings. The maximum atomic E-state index is 13.6. The average Bonchev–Trinajstić information content (AvgIpc) is 3.33. The minimum atomic E-state index is -0.879. The van der Waals surface area contributed by atoms with Gasteiger partial charge < -0.3 is 10.2 Å². The topological polar surface area (TPSA) is 115 Å². The molecule has 1 atom stereocenters. The third-order valence-corrected chi connectivity index (χ3v) is 6.43. The molecule has 2 aromatic carbocycles. The number of carbonyl (C=O) groups is 2. The molecule has 0 aliphatic carbocycles. The first-order valence-electron chi connectivity index (χ1n) is 11.4. The van der Waals surface area contributed by atoms with Gasteiger partial charge in [0.1, 0.15) is 6.04 Å². The number of hydrogen-bond acceptors (Lipinski definition) is 6. The Labute approximate surface area is 221 Å². The SMILES string of the molecule is O=C1CN(C(=O)[C@H](Cc2ccccc2)n2cnc(-c3cc(Cl)ccc3-n3cc(Cl)nn3)cc2=O)CCN1. The lowest BCUT2D eigenvalue weighted by Gasteiger charge is -2.31.